The van der Waals surface area contributed by atoms with Crippen molar-refractivity contribution in [1.29, 1.82) is 0 Å². The van der Waals surface area contributed by atoms with Gasteiger partial charge in [0.15, 0.2) is 12.4 Å². The van der Waals surface area contributed by atoms with Crippen LogP contribution in [0.15, 0.2) is 86.5 Å². The van der Waals surface area contributed by atoms with Gasteiger partial charge in [0.25, 0.3) is 5.76 Å². The van der Waals surface area contributed by atoms with E-state index in [1.165, 1.54) is 18.2 Å². The Labute approximate surface area is 193 Å². The maximum absolute atomic E-state index is 13.7. The molecule has 4 rings (SSSR count). The van der Waals surface area contributed by atoms with E-state index in [9.17, 15) is 22.8 Å². The number of benzene rings is 3. The van der Waals surface area contributed by atoms with Crippen LogP contribution in [0.3, 0.4) is 0 Å². The molecule has 168 valence electrons. The number of hydrogen-bond acceptors (Lipinski definition) is 5. The van der Waals surface area contributed by atoms with Crippen LogP contribution in [0.4, 0.5) is 13.2 Å². The zero-order chi connectivity index (χ0) is 23.6. The summed E-state index contributed by atoms with van der Waals surface area (Å²) >= 11 is 3.18. The minimum atomic E-state index is -5.00. The van der Waals surface area contributed by atoms with Gasteiger partial charge in [0, 0.05) is 11.6 Å². The SMILES string of the molecule is O=C(COc1ccc2c(=O)c(Oc3ccccc3Br)c(C(F)(F)F)oc2c1)c1ccccc1. The summed E-state index contributed by atoms with van der Waals surface area (Å²) < 4.78 is 57.2. The molecular weight excluding hydrogens is 505 g/mol. The third-order valence-corrected chi connectivity index (χ3v) is 5.25. The molecule has 5 nitrogen and oxygen atoms in total. The number of hydrogen-bond donors (Lipinski definition) is 0. The third kappa shape index (κ3) is 4.93. The molecule has 0 atom stereocenters. The Kier molecular flexibility index (Phi) is 6.24. The largest absolute Gasteiger partial charge is 0.485 e. The molecule has 0 bridgehead atoms. The number of carbonyl (C=O) groups is 1. The molecule has 0 spiro atoms. The fraction of sp³-hybridized carbons (Fsp3) is 0.0833. The van der Waals surface area contributed by atoms with Crippen LogP contribution in [0, 0.1) is 0 Å². The van der Waals surface area contributed by atoms with E-state index < -0.39 is 23.1 Å². The first-order chi connectivity index (χ1) is 15.7. The Hall–Kier alpha value is -3.59. The fourth-order valence-corrected chi connectivity index (χ4v) is 3.38. The Morgan fingerprint density at radius 3 is 2.36 bits per heavy atom. The summed E-state index contributed by atoms with van der Waals surface area (Å²) in [6.07, 6.45) is -5.00. The number of para-hydroxylation sites is 1. The smallest absolute Gasteiger partial charge is 0.453 e. The molecule has 3 aromatic carbocycles. The molecule has 0 aliphatic heterocycles. The predicted molar refractivity (Wildman–Crippen MR) is 118 cm³/mol. The van der Waals surface area contributed by atoms with E-state index in [4.69, 9.17) is 13.9 Å². The zero-order valence-corrected chi connectivity index (χ0v) is 18.3. The maximum atomic E-state index is 13.7. The minimum absolute atomic E-state index is 0.0222. The minimum Gasteiger partial charge on any atom is -0.485 e. The summed E-state index contributed by atoms with van der Waals surface area (Å²) in [5, 5.41) is -0.133. The van der Waals surface area contributed by atoms with Gasteiger partial charge in [0.1, 0.15) is 17.1 Å². The lowest BCUT2D eigenvalue weighted by Crippen LogP contribution is -2.16. The van der Waals surface area contributed by atoms with Crippen molar-refractivity contribution in [2.24, 2.45) is 0 Å². The summed E-state index contributed by atoms with van der Waals surface area (Å²) in [4.78, 5) is 25.1. The van der Waals surface area contributed by atoms with Crippen LogP contribution < -0.4 is 14.9 Å². The lowest BCUT2D eigenvalue weighted by Gasteiger charge is -2.14. The van der Waals surface area contributed by atoms with Crippen molar-refractivity contribution in [2.75, 3.05) is 6.61 Å². The van der Waals surface area contributed by atoms with Gasteiger partial charge >= 0.3 is 6.18 Å². The van der Waals surface area contributed by atoms with E-state index >= 15 is 0 Å². The quantitative estimate of drug-likeness (QED) is 0.268. The lowest BCUT2D eigenvalue weighted by atomic mass is 10.1. The zero-order valence-electron chi connectivity index (χ0n) is 16.7. The maximum Gasteiger partial charge on any atom is 0.453 e. The number of halogens is 4. The number of Topliss-reactive ketones (excluding diaryl/α,β-unsaturated/α-hetero) is 1. The van der Waals surface area contributed by atoms with E-state index in [1.54, 1.807) is 48.5 Å². The molecule has 0 N–H and O–H groups in total. The second-order valence-electron chi connectivity index (χ2n) is 6.86. The molecule has 0 amide bonds. The van der Waals surface area contributed by atoms with Gasteiger partial charge < -0.3 is 13.9 Å². The number of ketones is 1. The molecule has 0 saturated carbocycles. The fourth-order valence-electron chi connectivity index (χ4n) is 3.02. The van der Waals surface area contributed by atoms with E-state index in [0.29, 0.717) is 10.0 Å². The first-order valence-corrected chi connectivity index (χ1v) is 10.3. The highest BCUT2D eigenvalue weighted by atomic mass is 79.9. The Morgan fingerprint density at radius 1 is 0.970 bits per heavy atom. The molecule has 0 aliphatic rings. The van der Waals surface area contributed by atoms with E-state index in [2.05, 4.69) is 15.9 Å². The standard InChI is InChI=1S/C24H14BrF3O5/c25-17-8-4-5-9-19(17)32-22-21(30)16-11-10-15(12-20(16)33-23(22)24(26,27)28)31-13-18(29)14-6-2-1-3-7-14/h1-12H,13H2. The van der Waals surface area contributed by atoms with Crippen molar-refractivity contribution in [3.63, 3.8) is 0 Å². The van der Waals surface area contributed by atoms with Crippen molar-refractivity contribution in [2.45, 2.75) is 6.18 Å². The van der Waals surface area contributed by atoms with Crippen molar-refractivity contribution < 1.29 is 31.9 Å². The number of rotatable bonds is 6. The summed E-state index contributed by atoms with van der Waals surface area (Å²) in [6, 6.07) is 18.3. The van der Waals surface area contributed by atoms with Gasteiger partial charge in [0.05, 0.1) is 9.86 Å². The molecule has 0 unspecified atom stereocenters. The first kappa shape index (κ1) is 22.6. The molecule has 9 heteroatoms. The average molecular weight is 519 g/mol. The van der Waals surface area contributed by atoms with Gasteiger partial charge in [0.2, 0.25) is 11.2 Å². The van der Waals surface area contributed by atoms with Crippen LogP contribution in [-0.2, 0) is 6.18 Å². The Morgan fingerprint density at radius 2 is 1.67 bits per heavy atom. The van der Waals surface area contributed by atoms with Gasteiger partial charge in [-0.2, -0.15) is 13.2 Å². The van der Waals surface area contributed by atoms with Gasteiger partial charge in [-0.1, -0.05) is 42.5 Å². The topological polar surface area (TPSA) is 65.7 Å². The normalized spacial score (nSPS) is 11.4. The van der Waals surface area contributed by atoms with Crippen LogP contribution in [0.25, 0.3) is 11.0 Å². The monoisotopic (exact) mass is 518 g/mol. The number of carbonyl (C=O) groups excluding carboxylic acids is 1. The van der Waals surface area contributed by atoms with Crippen molar-refractivity contribution >= 4 is 32.7 Å². The van der Waals surface area contributed by atoms with Crippen LogP contribution in [0.1, 0.15) is 16.1 Å². The highest BCUT2D eigenvalue weighted by Crippen LogP contribution is 2.39. The molecule has 33 heavy (non-hydrogen) atoms. The van der Waals surface area contributed by atoms with Crippen molar-refractivity contribution in [3.8, 4) is 17.2 Å². The second kappa shape index (κ2) is 9.11. The molecule has 1 aromatic heterocycles. The second-order valence-corrected chi connectivity index (χ2v) is 7.71. The van der Waals surface area contributed by atoms with Gasteiger partial charge in [-0.05, 0) is 40.2 Å². The molecule has 4 aromatic rings. The van der Waals surface area contributed by atoms with Crippen LogP contribution in [0.2, 0.25) is 0 Å². The summed E-state index contributed by atoms with van der Waals surface area (Å²) in [5.74, 6) is -2.77. The number of ether oxygens (including phenoxy) is 2. The molecular formula is C24H14BrF3O5. The Bertz CT molecular complexity index is 1380. The third-order valence-electron chi connectivity index (χ3n) is 4.59. The highest BCUT2D eigenvalue weighted by molar-refractivity contribution is 9.10. The van der Waals surface area contributed by atoms with Crippen LogP contribution >= 0.6 is 15.9 Å². The van der Waals surface area contributed by atoms with Crippen molar-refractivity contribution in [1.82, 2.24) is 0 Å². The summed E-state index contributed by atoms with van der Waals surface area (Å²) in [7, 11) is 0. The van der Waals surface area contributed by atoms with Crippen LogP contribution in [0.5, 0.6) is 17.2 Å². The van der Waals surface area contributed by atoms with E-state index in [1.807, 2.05) is 0 Å². The van der Waals surface area contributed by atoms with Gasteiger partial charge in [-0.3, -0.25) is 9.59 Å². The number of alkyl halides is 3. The van der Waals surface area contributed by atoms with E-state index in [-0.39, 0.29) is 34.9 Å². The van der Waals surface area contributed by atoms with Crippen molar-refractivity contribution in [3.05, 3.63) is 98.8 Å². The Balaban J connectivity index is 1.70. The molecule has 0 aliphatic carbocycles. The first-order valence-electron chi connectivity index (χ1n) is 9.55. The van der Waals surface area contributed by atoms with Gasteiger partial charge in [-0.25, -0.2) is 0 Å². The molecule has 0 saturated heterocycles. The predicted octanol–water partition coefficient (Wildman–Crippen LogP) is 6.63. The summed E-state index contributed by atoms with van der Waals surface area (Å²) in [6.45, 7) is -0.338. The molecule has 1 heterocycles. The summed E-state index contributed by atoms with van der Waals surface area (Å²) in [5.41, 5.74) is -0.916. The van der Waals surface area contributed by atoms with E-state index in [0.717, 1.165) is 6.07 Å². The number of fused-ring (bicyclic) bond motifs is 1. The average Bonchev–Trinajstić information content (AvgIpc) is 2.80. The molecule has 0 radical (unpaired) electrons. The molecule has 0 fully saturated rings. The van der Waals surface area contributed by atoms with Crippen LogP contribution in [-0.4, -0.2) is 12.4 Å². The highest BCUT2D eigenvalue weighted by Gasteiger charge is 2.40. The van der Waals surface area contributed by atoms with Gasteiger partial charge in [-0.15, -0.1) is 0 Å². The lowest BCUT2D eigenvalue weighted by molar-refractivity contribution is -0.154.